The molecular weight excluding hydrogens is 229 g/mol. The van der Waals surface area contributed by atoms with Crippen LogP contribution in [-0.2, 0) is 0 Å². The van der Waals surface area contributed by atoms with E-state index >= 15 is 0 Å². The highest BCUT2D eigenvalue weighted by molar-refractivity contribution is 6.32. The summed E-state index contributed by atoms with van der Waals surface area (Å²) in [4.78, 5) is 0. The molecular formula is C12H15ClFNO. The molecule has 16 heavy (non-hydrogen) atoms. The predicted octanol–water partition coefficient (Wildman–Crippen LogP) is 2.96. The molecule has 4 heteroatoms. The number of hydrogen-bond donors (Lipinski definition) is 2. The summed E-state index contributed by atoms with van der Waals surface area (Å²) in [6, 6.07) is 1.76. The number of halogens is 2. The van der Waals surface area contributed by atoms with Gasteiger partial charge in [0, 0.05) is 0 Å². The van der Waals surface area contributed by atoms with E-state index < -0.39 is 11.6 Å². The summed E-state index contributed by atoms with van der Waals surface area (Å²) in [7, 11) is 0. The largest absolute Gasteiger partial charge is 0.504 e. The number of aromatic hydroxyl groups is 1. The van der Waals surface area contributed by atoms with Crippen molar-refractivity contribution < 1.29 is 9.50 Å². The summed E-state index contributed by atoms with van der Waals surface area (Å²) in [6.07, 6.45) is 1.80. The van der Waals surface area contributed by atoms with Gasteiger partial charge in [0.05, 0.1) is 5.02 Å². The van der Waals surface area contributed by atoms with Crippen LogP contribution in [0.5, 0.6) is 5.75 Å². The third-order valence-electron chi connectivity index (χ3n) is 3.17. The second-order valence-electron chi connectivity index (χ2n) is 4.28. The fraction of sp³-hybridized carbons (Fsp3) is 0.500. The summed E-state index contributed by atoms with van der Waals surface area (Å²) in [5, 5.41) is 12.9. The summed E-state index contributed by atoms with van der Waals surface area (Å²) in [6.45, 7) is 3.57. The average Bonchev–Trinajstić information content (AvgIpc) is 2.32. The molecule has 1 fully saturated rings. The fourth-order valence-electron chi connectivity index (χ4n) is 2.21. The lowest BCUT2D eigenvalue weighted by Gasteiger charge is -2.24. The molecule has 0 saturated carbocycles. The maximum atomic E-state index is 13.9. The molecule has 0 bridgehead atoms. The Morgan fingerprint density at radius 1 is 1.44 bits per heavy atom. The fourth-order valence-corrected chi connectivity index (χ4v) is 2.35. The van der Waals surface area contributed by atoms with Gasteiger partial charge in [0.1, 0.15) is 0 Å². The van der Waals surface area contributed by atoms with Gasteiger partial charge in [-0.25, -0.2) is 4.39 Å². The number of nitrogens with one attached hydrogen (secondary N) is 1. The molecule has 1 aliphatic rings. The van der Waals surface area contributed by atoms with Crippen LogP contribution < -0.4 is 5.32 Å². The van der Waals surface area contributed by atoms with Gasteiger partial charge in [-0.1, -0.05) is 17.7 Å². The van der Waals surface area contributed by atoms with Gasteiger partial charge in [0.25, 0.3) is 0 Å². The molecule has 0 amide bonds. The van der Waals surface area contributed by atoms with Crippen LogP contribution in [0.25, 0.3) is 0 Å². The number of benzene rings is 1. The van der Waals surface area contributed by atoms with Crippen LogP contribution >= 0.6 is 11.6 Å². The highest BCUT2D eigenvalue weighted by Crippen LogP contribution is 2.37. The first-order chi connectivity index (χ1) is 7.61. The highest BCUT2D eigenvalue weighted by Gasteiger charge is 2.22. The van der Waals surface area contributed by atoms with Crippen molar-refractivity contribution in [1.82, 2.24) is 5.32 Å². The first-order valence-electron chi connectivity index (χ1n) is 5.49. The molecule has 1 aliphatic heterocycles. The lowest BCUT2D eigenvalue weighted by molar-refractivity contribution is 0.407. The van der Waals surface area contributed by atoms with Crippen molar-refractivity contribution in [2.45, 2.75) is 25.7 Å². The number of piperidine rings is 1. The van der Waals surface area contributed by atoms with E-state index in [1.807, 2.05) is 0 Å². The zero-order valence-corrected chi connectivity index (χ0v) is 9.94. The third kappa shape index (κ3) is 2.02. The van der Waals surface area contributed by atoms with E-state index in [0.29, 0.717) is 5.56 Å². The van der Waals surface area contributed by atoms with Crippen molar-refractivity contribution in [3.63, 3.8) is 0 Å². The Labute approximate surface area is 99.4 Å². The number of aryl methyl sites for hydroxylation is 1. The van der Waals surface area contributed by atoms with Gasteiger partial charge in [0.15, 0.2) is 11.6 Å². The van der Waals surface area contributed by atoms with Crippen LogP contribution in [0.1, 0.15) is 29.9 Å². The molecule has 2 nitrogen and oxygen atoms in total. The standard InChI is InChI=1S/C12H15ClFNO/c1-7-6-9(8-2-4-15-5-3-8)11(14)12(16)10(7)13/h6,8,15-16H,2-5H2,1H3. The van der Waals surface area contributed by atoms with E-state index in [2.05, 4.69) is 5.32 Å². The monoisotopic (exact) mass is 243 g/mol. The molecule has 1 heterocycles. The van der Waals surface area contributed by atoms with Gasteiger partial charge in [-0.15, -0.1) is 0 Å². The van der Waals surface area contributed by atoms with Gasteiger partial charge in [-0.05, 0) is 49.9 Å². The molecule has 0 atom stereocenters. The maximum Gasteiger partial charge on any atom is 0.170 e. The molecule has 0 spiro atoms. The van der Waals surface area contributed by atoms with Crippen LogP contribution in [0.4, 0.5) is 4.39 Å². The van der Waals surface area contributed by atoms with Crippen molar-refractivity contribution in [3.8, 4) is 5.75 Å². The normalized spacial score (nSPS) is 17.7. The first-order valence-corrected chi connectivity index (χ1v) is 5.87. The Morgan fingerprint density at radius 3 is 2.69 bits per heavy atom. The van der Waals surface area contributed by atoms with Crippen LogP contribution in [0.15, 0.2) is 6.07 Å². The summed E-state index contributed by atoms with van der Waals surface area (Å²) in [5.41, 5.74) is 1.33. The Hall–Kier alpha value is -0.800. The lowest BCUT2D eigenvalue weighted by Crippen LogP contribution is -2.27. The number of phenols is 1. The van der Waals surface area contributed by atoms with E-state index in [-0.39, 0.29) is 10.9 Å². The van der Waals surface area contributed by atoms with E-state index in [4.69, 9.17) is 11.6 Å². The van der Waals surface area contributed by atoms with E-state index in [1.165, 1.54) is 0 Å². The number of hydrogen-bond acceptors (Lipinski definition) is 2. The number of rotatable bonds is 1. The highest BCUT2D eigenvalue weighted by atomic mass is 35.5. The SMILES string of the molecule is Cc1cc(C2CCNCC2)c(F)c(O)c1Cl. The van der Waals surface area contributed by atoms with Crippen molar-refractivity contribution in [3.05, 3.63) is 28.0 Å². The van der Waals surface area contributed by atoms with E-state index in [9.17, 15) is 9.50 Å². The summed E-state index contributed by atoms with van der Waals surface area (Å²) < 4.78 is 13.9. The van der Waals surface area contributed by atoms with Crippen LogP contribution in [0, 0.1) is 12.7 Å². The van der Waals surface area contributed by atoms with Crippen molar-refractivity contribution in [2.75, 3.05) is 13.1 Å². The second kappa shape index (κ2) is 4.60. The zero-order valence-electron chi connectivity index (χ0n) is 9.19. The zero-order chi connectivity index (χ0) is 11.7. The van der Waals surface area contributed by atoms with Gasteiger partial charge in [0.2, 0.25) is 0 Å². The van der Waals surface area contributed by atoms with Crippen LogP contribution in [-0.4, -0.2) is 18.2 Å². The minimum absolute atomic E-state index is 0.121. The molecule has 88 valence electrons. The minimum atomic E-state index is -0.553. The molecule has 2 rings (SSSR count). The van der Waals surface area contributed by atoms with Gasteiger partial charge in [-0.2, -0.15) is 0 Å². The average molecular weight is 244 g/mol. The summed E-state index contributed by atoms with van der Waals surface area (Å²) in [5.74, 6) is -0.777. The Morgan fingerprint density at radius 2 is 2.06 bits per heavy atom. The third-order valence-corrected chi connectivity index (χ3v) is 3.64. The molecule has 1 aromatic carbocycles. The first kappa shape index (κ1) is 11.7. The molecule has 0 radical (unpaired) electrons. The predicted molar refractivity (Wildman–Crippen MR) is 62.7 cm³/mol. The molecule has 0 aliphatic carbocycles. The summed E-state index contributed by atoms with van der Waals surface area (Å²) >= 11 is 5.79. The smallest absolute Gasteiger partial charge is 0.170 e. The van der Waals surface area contributed by atoms with Crippen molar-refractivity contribution in [1.29, 1.82) is 0 Å². The molecule has 1 saturated heterocycles. The molecule has 0 aromatic heterocycles. The minimum Gasteiger partial charge on any atom is -0.504 e. The van der Waals surface area contributed by atoms with Crippen molar-refractivity contribution in [2.24, 2.45) is 0 Å². The van der Waals surface area contributed by atoms with Crippen LogP contribution in [0.2, 0.25) is 5.02 Å². The molecule has 1 aromatic rings. The van der Waals surface area contributed by atoms with Gasteiger partial charge < -0.3 is 10.4 Å². The Bertz CT molecular complexity index is 402. The van der Waals surface area contributed by atoms with Crippen molar-refractivity contribution >= 4 is 11.6 Å². The molecule has 2 N–H and O–H groups in total. The van der Waals surface area contributed by atoms with Gasteiger partial charge >= 0.3 is 0 Å². The topological polar surface area (TPSA) is 32.3 Å². The second-order valence-corrected chi connectivity index (χ2v) is 4.66. The molecule has 0 unspecified atom stereocenters. The van der Waals surface area contributed by atoms with Crippen LogP contribution in [0.3, 0.4) is 0 Å². The lowest BCUT2D eigenvalue weighted by atomic mass is 9.89. The van der Waals surface area contributed by atoms with E-state index in [1.54, 1.807) is 13.0 Å². The number of phenolic OH excluding ortho intramolecular Hbond substituents is 1. The Kier molecular flexibility index (Phi) is 3.36. The quantitative estimate of drug-likeness (QED) is 0.795. The van der Waals surface area contributed by atoms with E-state index in [0.717, 1.165) is 31.5 Å². The maximum absolute atomic E-state index is 13.9. The van der Waals surface area contributed by atoms with Gasteiger partial charge in [-0.3, -0.25) is 0 Å². The Balaban J connectivity index is 2.40.